The van der Waals surface area contributed by atoms with Gasteiger partial charge in [0, 0.05) is 19.3 Å². The van der Waals surface area contributed by atoms with Crippen LogP contribution in [0.15, 0.2) is 0 Å². The first kappa shape index (κ1) is 11.9. The number of hydrogen-bond acceptors (Lipinski definition) is 4. The van der Waals surface area contributed by atoms with Gasteiger partial charge in [0.15, 0.2) is 5.79 Å². The Morgan fingerprint density at radius 2 is 2.12 bits per heavy atom. The Hall–Kier alpha value is -0.610. The van der Waals surface area contributed by atoms with Gasteiger partial charge < -0.3 is 14.2 Å². The first-order valence-corrected chi connectivity index (χ1v) is 6.14. The van der Waals surface area contributed by atoms with E-state index in [1.165, 1.54) is 19.8 Å². The van der Waals surface area contributed by atoms with Crippen molar-refractivity contribution in [3.8, 4) is 0 Å². The molecule has 0 amide bonds. The number of esters is 1. The standard InChI is InChI=1S/C12H20O4/c1-10(13)14-7-5-11-4-2-3-6-12(11)15-8-9-16-12/h11H,2-9H2,1H3. The highest BCUT2D eigenvalue weighted by Crippen LogP contribution is 2.41. The Morgan fingerprint density at radius 1 is 1.38 bits per heavy atom. The molecule has 2 aliphatic rings. The van der Waals surface area contributed by atoms with Crippen LogP contribution in [0, 0.1) is 5.92 Å². The van der Waals surface area contributed by atoms with Crippen molar-refractivity contribution in [1.82, 2.24) is 0 Å². The maximum absolute atomic E-state index is 10.7. The molecule has 0 radical (unpaired) electrons. The Balaban J connectivity index is 1.87. The number of carbonyl (C=O) groups excluding carboxylic acids is 1. The third-order valence-electron chi connectivity index (χ3n) is 3.50. The van der Waals surface area contributed by atoms with Gasteiger partial charge in [-0.3, -0.25) is 4.79 Å². The lowest BCUT2D eigenvalue weighted by Gasteiger charge is -2.39. The minimum Gasteiger partial charge on any atom is -0.466 e. The molecule has 4 nitrogen and oxygen atoms in total. The second-order valence-electron chi connectivity index (χ2n) is 4.58. The summed E-state index contributed by atoms with van der Waals surface area (Å²) in [7, 11) is 0. The number of ether oxygens (including phenoxy) is 3. The van der Waals surface area contributed by atoms with E-state index in [4.69, 9.17) is 14.2 Å². The fourth-order valence-electron chi connectivity index (χ4n) is 2.75. The molecule has 0 N–H and O–H groups in total. The molecule has 1 heterocycles. The van der Waals surface area contributed by atoms with E-state index in [0.29, 0.717) is 25.7 Å². The van der Waals surface area contributed by atoms with Crippen molar-refractivity contribution >= 4 is 5.97 Å². The molecule has 1 aliphatic carbocycles. The van der Waals surface area contributed by atoms with Gasteiger partial charge in [0.1, 0.15) is 0 Å². The highest BCUT2D eigenvalue weighted by atomic mass is 16.7. The molecule has 0 bridgehead atoms. The van der Waals surface area contributed by atoms with Crippen molar-refractivity contribution in [2.24, 2.45) is 5.92 Å². The average Bonchev–Trinajstić information content (AvgIpc) is 2.70. The molecule has 2 fully saturated rings. The van der Waals surface area contributed by atoms with Gasteiger partial charge in [-0.05, 0) is 19.3 Å². The minimum atomic E-state index is -0.363. The Kier molecular flexibility index (Phi) is 3.82. The van der Waals surface area contributed by atoms with E-state index < -0.39 is 0 Å². The van der Waals surface area contributed by atoms with Gasteiger partial charge >= 0.3 is 5.97 Å². The molecule has 1 aliphatic heterocycles. The van der Waals surface area contributed by atoms with E-state index in [0.717, 1.165) is 19.3 Å². The van der Waals surface area contributed by atoms with E-state index in [1.54, 1.807) is 0 Å². The van der Waals surface area contributed by atoms with Crippen LogP contribution in [-0.2, 0) is 19.0 Å². The largest absolute Gasteiger partial charge is 0.466 e. The second kappa shape index (κ2) is 5.15. The summed E-state index contributed by atoms with van der Waals surface area (Å²) in [6.07, 6.45) is 5.34. The van der Waals surface area contributed by atoms with Crippen LogP contribution < -0.4 is 0 Å². The molecule has 0 aromatic rings. The van der Waals surface area contributed by atoms with Crippen LogP contribution in [0.25, 0.3) is 0 Å². The Bertz CT molecular complexity index is 245. The number of rotatable bonds is 3. The van der Waals surface area contributed by atoms with Crippen molar-refractivity contribution in [2.45, 2.75) is 44.8 Å². The average molecular weight is 228 g/mol. The maximum atomic E-state index is 10.7. The van der Waals surface area contributed by atoms with Crippen LogP contribution in [0.1, 0.15) is 39.0 Å². The SMILES string of the molecule is CC(=O)OCCC1CCCCC12OCCO2. The molecule has 2 rings (SSSR count). The van der Waals surface area contributed by atoms with E-state index >= 15 is 0 Å². The molecule has 1 spiro atoms. The van der Waals surface area contributed by atoms with Crippen LogP contribution in [-0.4, -0.2) is 31.6 Å². The van der Waals surface area contributed by atoms with Gasteiger partial charge in [-0.1, -0.05) is 6.42 Å². The fourth-order valence-corrected chi connectivity index (χ4v) is 2.75. The van der Waals surface area contributed by atoms with E-state index in [2.05, 4.69) is 0 Å². The summed E-state index contributed by atoms with van der Waals surface area (Å²) in [5.74, 6) is -0.195. The third-order valence-corrected chi connectivity index (χ3v) is 3.50. The molecule has 1 unspecified atom stereocenters. The van der Waals surface area contributed by atoms with E-state index in [1.807, 2.05) is 0 Å². The van der Waals surface area contributed by atoms with Crippen molar-refractivity contribution in [2.75, 3.05) is 19.8 Å². The van der Waals surface area contributed by atoms with Crippen LogP contribution in [0.2, 0.25) is 0 Å². The topological polar surface area (TPSA) is 44.8 Å². The van der Waals surface area contributed by atoms with Gasteiger partial charge in [-0.15, -0.1) is 0 Å². The molecule has 1 saturated heterocycles. The predicted molar refractivity (Wildman–Crippen MR) is 57.8 cm³/mol. The monoisotopic (exact) mass is 228 g/mol. The highest BCUT2D eigenvalue weighted by Gasteiger charge is 2.45. The second-order valence-corrected chi connectivity index (χ2v) is 4.58. The Morgan fingerprint density at radius 3 is 2.81 bits per heavy atom. The molecule has 0 aromatic carbocycles. The molecule has 16 heavy (non-hydrogen) atoms. The summed E-state index contributed by atoms with van der Waals surface area (Å²) >= 11 is 0. The summed E-state index contributed by atoms with van der Waals surface area (Å²) in [5, 5.41) is 0. The molecule has 1 saturated carbocycles. The normalized spacial score (nSPS) is 28.2. The highest BCUT2D eigenvalue weighted by molar-refractivity contribution is 5.65. The van der Waals surface area contributed by atoms with Gasteiger partial charge in [0.2, 0.25) is 0 Å². The summed E-state index contributed by atoms with van der Waals surface area (Å²) in [4.78, 5) is 10.7. The van der Waals surface area contributed by atoms with Gasteiger partial charge in [0.05, 0.1) is 19.8 Å². The maximum Gasteiger partial charge on any atom is 0.302 e. The first-order valence-electron chi connectivity index (χ1n) is 6.14. The Labute approximate surface area is 96.2 Å². The lowest BCUT2D eigenvalue weighted by Crippen LogP contribution is -2.42. The fraction of sp³-hybridized carbons (Fsp3) is 0.917. The first-order chi connectivity index (χ1) is 7.73. The number of hydrogen-bond donors (Lipinski definition) is 0. The summed E-state index contributed by atoms with van der Waals surface area (Å²) in [6.45, 7) is 3.32. The smallest absolute Gasteiger partial charge is 0.302 e. The zero-order valence-electron chi connectivity index (χ0n) is 9.87. The van der Waals surface area contributed by atoms with Crippen LogP contribution in [0.5, 0.6) is 0 Å². The quantitative estimate of drug-likeness (QED) is 0.692. The van der Waals surface area contributed by atoms with Crippen molar-refractivity contribution < 1.29 is 19.0 Å². The van der Waals surface area contributed by atoms with Crippen LogP contribution in [0.3, 0.4) is 0 Å². The minimum absolute atomic E-state index is 0.210. The summed E-state index contributed by atoms with van der Waals surface area (Å²) < 4.78 is 16.6. The van der Waals surface area contributed by atoms with Crippen molar-refractivity contribution in [3.05, 3.63) is 0 Å². The zero-order valence-corrected chi connectivity index (χ0v) is 9.87. The summed E-state index contributed by atoms with van der Waals surface area (Å²) in [5.41, 5.74) is 0. The summed E-state index contributed by atoms with van der Waals surface area (Å²) in [6, 6.07) is 0. The van der Waals surface area contributed by atoms with Crippen molar-refractivity contribution in [1.29, 1.82) is 0 Å². The van der Waals surface area contributed by atoms with Crippen molar-refractivity contribution in [3.63, 3.8) is 0 Å². The third kappa shape index (κ3) is 2.55. The predicted octanol–water partition coefficient (Wildman–Crippen LogP) is 1.87. The molecular weight excluding hydrogens is 208 g/mol. The lowest BCUT2D eigenvalue weighted by atomic mass is 9.81. The molecule has 1 atom stereocenters. The van der Waals surface area contributed by atoms with Gasteiger partial charge in [0.25, 0.3) is 0 Å². The molecule has 4 heteroatoms. The van der Waals surface area contributed by atoms with Gasteiger partial charge in [-0.25, -0.2) is 0 Å². The molecular formula is C12H20O4. The van der Waals surface area contributed by atoms with E-state index in [9.17, 15) is 4.79 Å². The van der Waals surface area contributed by atoms with Crippen LogP contribution >= 0.6 is 0 Å². The lowest BCUT2D eigenvalue weighted by molar-refractivity contribution is -0.215. The van der Waals surface area contributed by atoms with E-state index in [-0.39, 0.29) is 11.8 Å². The number of carbonyl (C=O) groups is 1. The van der Waals surface area contributed by atoms with Gasteiger partial charge in [-0.2, -0.15) is 0 Å². The zero-order chi connectivity index (χ0) is 11.4. The molecule has 92 valence electrons. The molecule has 0 aromatic heterocycles. The van der Waals surface area contributed by atoms with Crippen LogP contribution in [0.4, 0.5) is 0 Å².